The number of rotatable bonds is 40. The maximum atomic E-state index is 12.7. The highest BCUT2D eigenvalue weighted by Crippen LogP contribution is 2.16. The van der Waals surface area contributed by atoms with Gasteiger partial charge >= 0.3 is 17.9 Å². The van der Waals surface area contributed by atoms with Crippen LogP contribution >= 0.6 is 0 Å². The van der Waals surface area contributed by atoms with Crippen molar-refractivity contribution in [2.75, 3.05) is 13.2 Å². The molecule has 51 heavy (non-hydrogen) atoms. The molecule has 6 heteroatoms. The van der Waals surface area contributed by atoms with Crippen molar-refractivity contribution < 1.29 is 28.6 Å². The van der Waals surface area contributed by atoms with E-state index >= 15 is 0 Å². The van der Waals surface area contributed by atoms with Crippen LogP contribution in [0.15, 0.2) is 0 Å². The van der Waals surface area contributed by atoms with Crippen LogP contribution in [0.3, 0.4) is 0 Å². The summed E-state index contributed by atoms with van der Waals surface area (Å²) in [5.74, 6) is -0.0909. The first-order valence-corrected chi connectivity index (χ1v) is 22.4. The summed E-state index contributed by atoms with van der Waals surface area (Å²) in [5, 5.41) is 0. The second-order valence-electron chi connectivity index (χ2n) is 15.8. The normalized spacial score (nSPS) is 11.9. The number of ether oxygens (including phenoxy) is 3. The molecule has 0 heterocycles. The molecule has 302 valence electrons. The summed E-state index contributed by atoms with van der Waals surface area (Å²) in [7, 11) is 0. The molecule has 0 aliphatic heterocycles. The lowest BCUT2D eigenvalue weighted by Gasteiger charge is -2.18. The molecular weight excluding hydrogens is 636 g/mol. The van der Waals surface area contributed by atoms with Crippen LogP contribution in [-0.2, 0) is 28.6 Å². The van der Waals surface area contributed by atoms with Gasteiger partial charge in [-0.05, 0) is 25.2 Å². The molecule has 0 aromatic heterocycles. The van der Waals surface area contributed by atoms with Crippen molar-refractivity contribution in [1.29, 1.82) is 0 Å². The monoisotopic (exact) mass is 723 g/mol. The third-order valence-corrected chi connectivity index (χ3v) is 10.0. The van der Waals surface area contributed by atoms with Crippen molar-refractivity contribution in [3.05, 3.63) is 0 Å². The zero-order chi connectivity index (χ0) is 37.5. The molecule has 0 N–H and O–H groups in total. The predicted octanol–water partition coefficient (Wildman–Crippen LogP) is 13.9. The Bertz CT molecular complexity index is 766. The molecule has 0 aromatic rings. The van der Waals surface area contributed by atoms with Crippen LogP contribution in [0.2, 0.25) is 0 Å². The molecular formula is C45H86O6. The maximum Gasteiger partial charge on any atom is 0.306 e. The van der Waals surface area contributed by atoms with Gasteiger partial charge < -0.3 is 14.2 Å². The second-order valence-corrected chi connectivity index (χ2v) is 15.8. The number of hydrogen-bond donors (Lipinski definition) is 0. The molecule has 0 amide bonds. The Morgan fingerprint density at radius 3 is 0.961 bits per heavy atom. The fourth-order valence-corrected chi connectivity index (χ4v) is 6.63. The topological polar surface area (TPSA) is 78.9 Å². The fraction of sp³-hybridized carbons (Fsp3) is 0.933. The summed E-state index contributed by atoms with van der Waals surface area (Å²) in [6.45, 7) is 8.86. The van der Waals surface area contributed by atoms with E-state index in [2.05, 4.69) is 27.7 Å². The average Bonchev–Trinajstić information content (AvgIpc) is 3.11. The fourth-order valence-electron chi connectivity index (χ4n) is 6.63. The summed E-state index contributed by atoms with van der Waals surface area (Å²) in [6.07, 6.45) is 38.4. The SMILES string of the molecule is CCCCCCCCCCCCCCCCCCCCC(=O)O[C@@H](COC(=O)CCCCCCC)COC(=O)CCCCCCCCCC(C)C. The standard InChI is InChI=1S/C45H86O6/c1-5-7-9-11-12-13-14-15-16-17-18-19-20-21-22-25-30-34-38-45(48)51-42(39-49-43(46)36-32-27-10-8-6-2)40-50-44(47)37-33-29-26-23-24-28-31-35-41(3)4/h41-42H,5-40H2,1-4H3/t42-/m0/s1. The first-order valence-electron chi connectivity index (χ1n) is 22.4. The highest BCUT2D eigenvalue weighted by molar-refractivity contribution is 5.71. The van der Waals surface area contributed by atoms with Crippen LogP contribution in [0.4, 0.5) is 0 Å². The van der Waals surface area contributed by atoms with E-state index in [1.165, 1.54) is 135 Å². The Kier molecular flexibility index (Phi) is 38.4. The zero-order valence-corrected chi connectivity index (χ0v) is 34.6. The van der Waals surface area contributed by atoms with Gasteiger partial charge in [0.05, 0.1) is 0 Å². The quantitative estimate of drug-likeness (QED) is 0.0356. The van der Waals surface area contributed by atoms with Gasteiger partial charge in [0.1, 0.15) is 13.2 Å². The maximum absolute atomic E-state index is 12.7. The number of hydrogen-bond acceptors (Lipinski definition) is 6. The largest absolute Gasteiger partial charge is 0.462 e. The molecule has 0 radical (unpaired) electrons. The number of esters is 3. The van der Waals surface area contributed by atoms with Crippen molar-refractivity contribution in [3.63, 3.8) is 0 Å². The Hall–Kier alpha value is -1.59. The van der Waals surface area contributed by atoms with E-state index in [9.17, 15) is 14.4 Å². The van der Waals surface area contributed by atoms with Crippen molar-refractivity contribution in [2.24, 2.45) is 5.92 Å². The van der Waals surface area contributed by atoms with Crippen molar-refractivity contribution >= 4 is 17.9 Å². The van der Waals surface area contributed by atoms with Crippen molar-refractivity contribution in [2.45, 2.75) is 252 Å². The first kappa shape index (κ1) is 49.4. The van der Waals surface area contributed by atoms with E-state index in [-0.39, 0.29) is 31.1 Å². The molecule has 0 bridgehead atoms. The van der Waals surface area contributed by atoms with Gasteiger partial charge in [0.2, 0.25) is 0 Å². The predicted molar refractivity (Wildman–Crippen MR) is 215 cm³/mol. The van der Waals surface area contributed by atoms with Crippen LogP contribution < -0.4 is 0 Å². The van der Waals surface area contributed by atoms with Crippen molar-refractivity contribution in [1.82, 2.24) is 0 Å². The van der Waals surface area contributed by atoms with Crippen molar-refractivity contribution in [3.8, 4) is 0 Å². The highest BCUT2D eigenvalue weighted by atomic mass is 16.6. The van der Waals surface area contributed by atoms with E-state index < -0.39 is 6.10 Å². The summed E-state index contributed by atoms with van der Waals surface area (Å²) >= 11 is 0. The molecule has 0 rings (SSSR count). The van der Waals surface area contributed by atoms with Gasteiger partial charge in [0.15, 0.2) is 6.10 Å². The Morgan fingerprint density at radius 2 is 0.647 bits per heavy atom. The van der Waals surface area contributed by atoms with Crippen LogP contribution in [0.1, 0.15) is 246 Å². The molecule has 0 aliphatic rings. The summed E-state index contributed by atoms with van der Waals surface area (Å²) < 4.78 is 16.6. The van der Waals surface area contributed by atoms with E-state index in [0.29, 0.717) is 19.3 Å². The summed E-state index contributed by atoms with van der Waals surface area (Å²) in [5.41, 5.74) is 0. The third kappa shape index (κ3) is 39.5. The lowest BCUT2D eigenvalue weighted by Crippen LogP contribution is -2.30. The lowest BCUT2D eigenvalue weighted by molar-refractivity contribution is -0.167. The summed E-state index contributed by atoms with van der Waals surface area (Å²) in [4.78, 5) is 37.4. The van der Waals surface area contributed by atoms with E-state index in [1.54, 1.807) is 0 Å². The van der Waals surface area contributed by atoms with Gasteiger partial charge in [0.25, 0.3) is 0 Å². The smallest absolute Gasteiger partial charge is 0.306 e. The van der Waals surface area contributed by atoms with Crippen LogP contribution in [0.25, 0.3) is 0 Å². The molecule has 0 spiro atoms. The minimum absolute atomic E-state index is 0.0661. The van der Waals surface area contributed by atoms with E-state index in [4.69, 9.17) is 14.2 Å². The molecule has 6 nitrogen and oxygen atoms in total. The van der Waals surface area contributed by atoms with Gasteiger partial charge in [-0.3, -0.25) is 14.4 Å². The van der Waals surface area contributed by atoms with Crippen LogP contribution in [-0.4, -0.2) is 37.2 Å². The minimum Gasteiger partial charge on any atom is -0.462 e. The molecule has 0 fully saturated rings. The number of carbonyl (C=O) groups excluding carboxylic acids is 3. The van der Waals surface area contributed by atoms with Gasteiger partial charge in [-0.1, -0.05) is 207 Å². The first-order chi connectivity index (χ1) is 24.9. The van der Waals surface area contributed by atoms with Crippen LogP contribution in [0, 0.1) is 5.92 Å². The Morgan fingerprint density at radius 1 is 0.373 bits per heavy atom. The van der Waals surface area contributed by atoms with Crippen LogP contribution in [0.5, 0.6) is 0 Å². The molecule has 0 saturated heterocycles. The van der Waals surface area contributed by atoms with Gasteiger partial charge in [0, 0.05) is 19.3 Å². The third-order valence-electron chi connectivity index (χ3n) is 10.0. The number of carbonyl (C=O) groups is 3. The Balaban J connectivity index is 4.14. The van der Waals surface area contributed by atoms with E-state index in [0.717, 1.165) is 70.1 Å². The molecule has 0 aliphatic carbocycles. The van der Waals surface area contributed by atoms with Gasteiger partial charge in [-0.15, -0.1) is 0 Å². The summed E-state index contributed by atoms with van der Waals surface area (Å²) in [6, 6.07) is 0. The molecule has 1 atom stereocenters. The van der Waals surface area contributed by atoms with Gasteiger partial charge in [-0.2, -0.15) is 0 Å². The minimum atomic E-state index is -0.758. The average molecular weight is 723 g/mol. The van der Waals surface area contributed by atoms with Gasteiger partial charge in [-0.25, -0.2) is 0 Å². The second kappa shape index (κ2) is 39.6. The highest BCUT2D eigenvalue weighted by Gasteiger charge is 2.19. The molecule has 0 aromatic carbocycles. The lowest BCUT2D eigenvalue weighted by atomic mass is 10.0. The van der Waals surface area contributed by atoms with E-state index in [1.807, 2.05) is 0 Å². The number of unbranched alkanes of at least 4 members (excludes halogenated alkanes) is 27. The molecule has 0 saturated carbocycles. The molecule has 0 unspecified atom stereocenters. The zero-order valence-electron chi connectivity index (χ0n) is 34.6. The Labute approximate surface area is 317 Å².